The maximum atomic E-state index is 13.6. The van der Waals surface area contributed by atoms with Gasteiger partial charge in [-0.05, 0) is 36.8 Å². The van der Waals surface area contributed by atoms with Crippen molar-refractivity contribution in [2.75, 3.05) is 31.2 Å². The van der Waals surface area contributed by atoms with Crippen LogP contribution in [-0.2, 0) is 27.3 Å². The molecule has 0 saturated carbocycles. The van der Waals surface area contributed by atoms with Crippen molar-refractivity contribution in [1.29, 1.82) is 0 Å². The standard InChI is InChI=1S/C25H25ClN4O6/c1-3-34-24(32)15-35-18-8-9-19(20(26)12-18)25(33)30-14-23(31)29(11-10-22-28-27-16(2)36-22)13-17-6-4-5-7-21(17)30/h4-9,12H,3,10-11,13-15H2,1-2H3. The molecule has 1 aliphatic heterocycles. The number of aromatic nitrogens is 2. The first-order valence-corrected chi connectivity index (χ1v) is 11.8. The van der Waals surface area contributed by atoms with Gasteiger partial charge in [0.05, 0.1) is 17.2 Å². The second kappa shape index (κ2) is 11.2. The lowest BCUT2D eigenvalue weighted by atomic mass is 10.1. The zero-order valence-corrected chi connectivity index (χ0v) is 20.7. The van der Waals surface area contributed by atoms with Gasteiger partial charge in [-0.1, -0.05) is 29.8 Å². The summed E-state index contributed by atoms with van der Waals surface area (Å²) in [5.41, 5.74) is 1.66. The summed E-state index contributed by atoms with van der Waals surface area (Å²) >= 11 is 6.41. The van der Waals surface area contributed by atoms with Crippen molar-refractivity contribution in [2.45, 2.75) is 26.8 Å². The second-order valence-corrected chi connectivity index (χ2v) is 8.44. The molecule has 0 radical (unpaired) electrons. The minimum atomic E-state index is -0.507. The van der Waals surface area contributed by atoms with E-state index in [0.717, 1.165) is 5.56 Å². The number of para-hydroxylation sites is 1. The van der Waals surface area contributed by atoms with Gasteiger partial charge in [0.15, 0.2) is 6.61 Å². The maximum Gasteiger partial charge on any atom is 0.344 e. The number of aryl methyl sites for hydroxylation is 1. The molecule has 0 saturated heterocycles. The topological polar surface area (TPSA) is 115 Å². The quantitative estimate of drug-likeness (QED) is 0.422. The molecule has 2 amide bonds. The van der Waals surface area contributed by atoms with Crippen LogP contribution in [0.3, 0.4) is 0 Å². The fourth-order valence-electron chi connectivity index (χ4n) is 3.83. The Hall–Kier alpha value is -3.92. The van der Waals surface area contributed by atoms with Gasteiger partial charge in [0.2, 0.25) is 17.7 Å². The minimum Gasteiger partial charge on any atom is -0.482 e. The molecule has 0 fully saturated rings. The fourth-order valence-corrected chi connectivity index (χ4v) is 4.08. The van der Waals surface area contributed by atoms with E-state index in [4.69, 9.17) is 25.5 Å². The van der Waals surface area contributed by atoms with Crippen LogP contribution in [0.1, 0.15) is 34.6 Å². The molecule has 10 nitrogen and oxygen atoms in total. The Morgan fingerprint density at radius 1 is 1.14 bits per heavy atom. The number of nitrogens with zero attached hydrogens (tertiary/aromatic N) is 4. The number of halogens is 1. The smallest absolute Gasteiger partial charge is 0.344 e. The number of hydrogen-bond acceptors (Lipinski definition) is 8. The third-order valence-corrected chi connectivity index (χ3v) is 5.84. The molecule has 188 valence electrons. The van der Waals surface area contributed by atoms with Crippen LogP contribution < -0.4 is 9.64 Å². The van der Waals surface area contributed by atoms with Crippen molar-refractivity contribution in [2.24, 2.45) is 0 Å². The van der Waals surface area contributed by atoms with E-state index in [-0.39, 0.29) is 36.3 Å². The van der Waals surface area contributed by atoms with Crippen molar-refractivity contribution in [3.05, 3.63) is 70.4 Å². The molecule has 2 heterocycles. The predicted molar refractivity (Wildman–Crippen MR) is 130 cm³/mol. The zero-order valence-electron chi connectivity index (χ0n) is 19.9. The summed E-state index contributed by atoms with van der Waals surface area (Å²) in [6.07, 6.45) is 0.405. The highest BCUT2D eigenvalue weighted by Crippen LogP contribution is 2.30. The number of amides is 2. The number of fused-ring (bicyclic) bond motifs is 1. The minimum absolute atomic E-state index is 0.138. The van der Waals surface area contributed by atoms with E-state index in [0.29, 0.717) is 42.7 Å². The van der Waals surface area contributed by atoms with Gasteiger partial charge >= 0.3 is 5.97 Å². The van der Waals surface area contributed by atoms with E-state index in [1.54, 1.807) is 30.9 Å². The van der Waals surface area contributed by atoms with Gasteiger partial charge in [-0.2, -0.15) is 0 Å². The number of anilines is 1. The lowest BCUT2D eigenvalue weighted by molar-refractivity contribution is -0.145. The highest BCUT2D eigenvalue weighted by atomic mass is 35.5. The first-order chi connectivity index (χ1) is 17.4. The number of hydrogen-bond donors (Lipinski definition) is 0. The molecular weight excluding hydrogens is 488 g/mol. The molecule has 1 aromatic heterocycles. The Kier molecular flexibility index (Phi) is 7.84. The predicted octanol–water partition coefficient (Wildman–Crippen LogP) is 3.21. The summed E-state index contributed by atoms with van der Waals surface area (Å²) in [6.45, 7) is 3.93. The molecule has 36 heavy (non-hydrogen) atoms. The molecule has 0 unspecified atom stereocenters. The normalized spacial score (nSPS) is 13.2. The largest absolute Gasteiger partial charge is 0.482 e. The van der Waals surface area contributed by atoms with Crippen LogP contribution in [-0.4, -0.2) is 59.2 Å². The van der Waals surface area contributed by atoms with Gasteiger partial charge in [-0.25, -0.2) is 4.79 Å². The molecule has 0 spiro atoms. The lowest BCUT2D eigenvalue weighted by Crippen LogP contribution is -2.41. The Morgan fingerprint density at radius 3 is 2.67 bits per heavy atom. The summed E-state index contributed by atoms with van der Waals surface area (Å²) < 4.78 is 15.6. The highest BCUT2D eigenvalue weighted by molar-refractivity contribution is 6.34. The van der Waals surface area contributed by atoms with Crippen LogP contribution in [0.25, 0.3) is 0 Å². The molecule has 3 aromatic rings. The third-order valence-electron chi connectivity index (χ3n) is 5.53. The summed E-state index contributed by atoms with van der Waals surface area (Å²) in [7, 11) is 0. The summed E-state index contributed by atoms with van der Waals surface area (Å²) in [5.74, 6) is 0.0753. The first-order valence-electron chi connectivity index (χ1n) is 11.4. The van der Waals surface area contributed by atoms with E-state index in [2.05, 4.69) is 10.2 Å². The van der Waals surface area contributed by atoms with E-state index < -0.39 is 11.9 Å². The van der Waals surface area contributed by atoms with E-state index in [1.165, 1.54) is 17.0 Å². The molecule has 0 bridgehead atoms. The number of esters is 1. The van der Waals surface area contributed by atoms with Gasteiger partial charge in [0, 0.05) is 32.1 Å². The Morgan fingerprint density at radius 2 is 1.94 bits per heavy atom. The molecule has 0 aliphatic carbocycles. The number of rotatable bonds is 8. The van der Waals surface area contributed by atoms with Crippen molar-refractivity contribution < 1.29 is 28.3 Å². The Bertz CT molecular complexity index is 1280. The SMILES string of the molecule is CCOC(=O)COc1ccc(C(=O)N2CC(=O)N(CCc3nnc(C)o3)Cc3ccccc32)c(Cl)c1. The van der Waals surface area contributed by atoms with Gasteiger partial charge in [-0.3, -0.25) is 14.5 Å². The summed E-state index contributed by atoms with van der Waals surface area (Å²) in [6, 6.07) is 11.9. The number of ether oxygens (including phenoxy) is 2. The van der Waals surface area contributed by atoms with Crippen LogP contribution in [0.4, 0.5) is 5.69 Å². The maximum absolute atomic E-state index is 13.6. The molecule has 0 atom stereocenters. The van der Waals surface area contributed by atoms with Crippen LogP contribution in [0.5, 0.6) is 5.75 Å². The van der Waals surface area contributed by atoms with Crippen molar-refractivity contribution >= 4 is 35.1 Å². The molecular formula is C25H25ClN4O6. The number of benzene rings is 2. The Labute approximate surface area is 212 Å². The molecule has 11 heteroatoms. The second-order valence-electron chi connectivity index (χ2n) is 8.04. The summed E-state index contributed by atoms with van der Waals surface area (Å²) in [4.78, 5) is 41.3. The van der Waals surface area contributed by atoms with E-state index >= 15 is 0 Å². The van der Waals surface area contributed by atoms with Crippen LogP contribution in [0, 0.1) is 6.92 Å². The van der Waals surface area contributed by atoms with Crippen LogP contribution in [0.2, 0.25) is 5.02 Å². The van der Waals surface area contributed by atoms with Gasteiger partial charge < -0.3 is 18.8 Å². The van der Waals surface area contributed by atoms with Crippen molar-refractivity contribution in [3.8, 4) is 5.75 Å². The van der Waals surface area contributed by atoms with Crippen LogP contribution >= 0.6 is 11.6 Å². The lowest BCUT2D eigenvalue weighted by Gasteiger charge is -2.23. The highest BCUT2D eigenvalue weighted by Gasteiger charge is 2.30. The monoisotopic (exact) mass is 512 g/mol. The van der Waals surface area contributed by atoms with E-state index in [9.17, 15) is 14.4 Å². The number of carbonyl (C=O) groups excluding carboxylic acids is 3. The molecule has 4 rings (SSSR count). The van der Waals surface area contributed by atoms with Crippen LogP contribution in [0.15, 0.2) is 46.9 Å². The first kappa shape index (κ1) is 25.2. The van der Waals surface area contributed by atoms with Gasteiger partial charge in [0.25, 0.3) is 5.91 Å². The third kappa shape index (κ3) is 5.83. The van der Waals surface area contributed by atoms with Gasteiger partial charge in [0.1, 0.15) is 12.3 Å². The van der Waals surface area contributed by atoms with E-state index in [1.807, 2.05) is 18.2 Å². The number of carbonyl (C=O) groups is 3. The summed E-state index contributed by atoms with van der Waals surface area (Å²) in [5, 5.41) is 7.94. The Balaban J connectivity index is 1.52. The fraction of sp³-hybridized carbons (Fsp3) is 0.320. The van der Waals surface area contributed by atoms with Crippen molar-refractivity contribution in [1.82, 2.24) is 15.1 Å². The molecule has 0 N–H and O–H groups in total. The van der Waals surface area contributed by atoms with Crippen molar-refractivity contribution in [3.63, 3.8) is 0 Å². The zero-order chi connectivity index (χ0) is 25.7. The average Bonchev–Trinajstić information content (AvgIpc) is 3.22. The molecule has 1 aliphatic rings. The average molecular weight is 513 g/mol. The van der Waals surface area contributed by atoms with Gasteiger partial charge in [-0.15, -0.1) is 10.2 Å². The molecule has 2 aromatic carbocycles.